The fourth-order valence-electron chi connectivity index (χ4n) is 2.24. The van der Waals surface area contributed by atoms with Gasteiger partial charge >= 0.3 is 0 Å². The van der Waals surface area contributed by atoms with Gasteiger partial charge in [-0.1, -0.05) is 72.8 Å². The minimum atomic E-state index is -1.17. The molecule has 1 N–H and O–H groups in total. The number of hydrogen-bond donors (Lipinski definition) is 1. The van der Waals surface area contributed by atoms with E-state index < -0.39 is 8.07 Å². The average Bonchev–Trinajstić information content (AvgIpc) is 2.45. The van der Waals surface area contributed by atoms with E-state index in [1.54, 1.807) is 0 Å². The fourth-order valence-corrected chi connectivity index (χ4v) is 3.53. The van der Waals surface area contributed by atoms with Crippen molar-refractivity contribution in [3.63, 3.8) is 0 Å². The second kappa shape index (κ2) is 7.26. The number of nitrogens with one attached hydrogen (secondary N) is 1. The summed E-state index contributed by atoms with van der Waals surface area (Å²) in [5.74, 6) is 0. The van der Waals surface area contributed by atoms with Gasteiger partial charge in [-0.25, -0.2) is 0 Å². The van der Waals surface area contributed by atoms with Gasteiger partial charge in [0.2, 0.25) is 0 Å². The van der Waals surface area contributed by atoms with Gasteiger partial charge in [-0.15, -0.1) is 0 Å². The maximum Gasteiger partial charge on any atom is 0.0775 e. The van der Waals surface area contributed by atoms with Crippen LogP contribution in [0, 0.1) is 0 Å². The standard InChI is InChI=1S/C18H24ClNSi/c1-21(2,3)18-10-6-16(7-11-18)14-20-13-12-15-4-8-17(19)9-5-15/h4-11,20H,12-14H2,1-3H3. The molecule has 0 spiro atoms. The van der Waals surface area contributed by atoms with Gasteiger partial charge in [0.1, 0.15) is 0 Å². The number of halogens is 1. The van der Waals surface area contributed by atoms with E-state index in [-0.39, 0.29) is 0 Å². The summed E-state index contributed by atoms with van der Waals surface area (Å²) < 4.78 is 0. The largest absolute Gasteiger partial charge is 0.312 e. The first-order chi connectivity index (χ1) is 9.95. The van der Waals surface area contributed by atoms with Gasteiger partial charge in [0, 0.05) is 11.6 Å². The Balaban J connectivity index is 1.77. The lowest BCUT2D eigenvalue weighted by Crippen LogP contribution is -2.37. The van der Waals surface area contributed by atoms with Crippen LogP contribution in [0.15, 0.2) is 48.5 Å². The van der Waals surface area contributed by atoms with Crippen molar-refractivity contribution in [3.8, 4) is 0 Å². The minimum Gasteiger partial charge on any atom is -0.312 e. The van der Waals surface area contributed by atoms with Crippen molar-refractivity contribution in [1.82, 2.24) is 5.32 Å². The van der Waals surface area contributed by atoms with Gasteiger partial charge in [-0.3, -0.25) is 0 Å². The number of benzene rings is 2. The van der Waals surface area contributed by atoms with Gasteiger partial charge in [0.15, 0.2) is 0 Å². The summed E-state index contributed by atoms with van der Waals surface area (Å²) in [6.45, 7) is 9.06. The van der Waals surface area contributed by atoms with Gasteiger partial charge < -0.3 is 5.32 Å². The van der Waals surface area contributed by atoms with E-state index in [2.05, 4.69) is 61.4 Å². The van der Waals surface area contributed by atoms with E-state index >= 15 is 0 Å². The zero-order chi connectivity index (χ0) is 15.3. The van der Waals surface area contributed by atoms with E-state index in [9.17, 15) is 0 Å². The number of hydrogen-bond acceptors (Lipinski definition) is 1. The summed E-state index contributed by atoms with van der Waals surface area (Å²) in [7, 11) is -1.17. The quantitative estimate of drug-likeness (QED) is 0.621. The van der Waals surface area contributed by atoms with Crippen LogP contribution in [0.4, 0.5) is 0 Å². The van der Waals surface area contributed by atoms with Gasteiger partial charge in [-0.2, -0.15) is 0 Å². The second-order valence-electron chi connectivity index (χ2n) is 6.50. The van der Waals surface area contributed by atoms with Crippen LogP contribution < -0.4 is 10.5 Å². The summed E-state index contributed by atoms with van der Waals surface area (Å²) in [6, 6.07) is 17.2. The van der Waals surface area contributed by atoms with Crippen LogP contribution in [0.1, 0.15) is 11.1 Å². The van der Waals surface area contributed by atoms with Crippen molar-refractivity contribution in [1.29, 1.82) is 0 Å². The van der Waals surface area contributed by atoms with E-state index in [1.165, 1.54) is 16.3 Å². The van der Waals surface area contributed by atoms with E-state index in [0.717, 1.165) is 24.5 Å². The molecule has 112 valence electrons. The highest BCUT2D eigenvalue weighted by Crippen LogP contribution is 2.09. The van der Waals surface area contributed by atoms with Crippen molar-refractivity contribution < 1.29 is 0 Å². The van der Waals surface area contributed by atoms with E-state index in [4.69, 9.17) is 11.6 Å². The van der Waals surface area contributed by atoms with Crippen molar-refractivity contribution in [2.24, 2.45) is 0 Å². The van der Waals surface area contributed by atoms with Crippen LogP contribution in [0.5, 0.6) is 0 Å². The Morgan fingerprint density at radius 1 is 0.857 bits per heavy atom. The molecule has 0 amide bonds. The first-order valence-corrected chi connectivity index (χ1v) is 11.4. The van der Waals surface area contributed by atoms with Crippen molar-refractivity contribution >= 4 is 24.9 Å². The molecule has 0 radical (unpaired) electrons. The Hall–Kier alpha value is -1.09. The molecular weight excluding hydrogens is 294 g/mol. The van der Waals surface area contributed by atoms with E-state index in [1.807, 2.05) is 12.1 Å². The van der Waals surface area contributed by atoms with Gasteiger partial charge in [-0.05, 0) is 36.2 Å². The number of rotatable bonds is 6. The Morgan fingerprint density at radius 2 is 1.43 bits per heavy atom. The average molecular weight is 318 g/mol. The van der Waals surface area contributed by atoms with Crippen LogP contribution in [0.25, 0.3) is 0 Å². The van der Waals surface area contributed by atoms with E-state index in [0.29, 0.717) is 0 Å². The van der Waals surface area contributed by atoms with Crippen molar-refractivity contribution in [3.05, 3.63) is 64.7 Å². The molecule has 0 aliphatic carbocycles. The van der Waals surface area contributed by atoms with Gasteiger partial charge in [0.25, 0.3) is 0 Å². The molecular formula is C18H24ClNSi. The first-order valence-electron chi connectivity index (χ1n) is 7.50. The second-order valence-corrected chi connectivity index (χ2v) is 12.0. The molecule has 0 aliphatic rings. The first kappa shape index (κ1) is 16.3. The zero-order valence-corrected chi connectivity index (χ0v) is 14.9. The molecule has 3 heteroatoms. The molecule has 21 heavy (non-hydrogen) atoms. The van der Waals surface area contributed by atoms with Gasteiger partial charge in [0.05, 0.1) is 8.07 Å². The SMILES string of the molecule is C[Si](C)(C)c1ccc(CNCCc2ccc(Cl)cc2)cc1. The molecule has 0 saturated heterocycles. The Bertz CT molecular complexity index is 555. The summed E-state index contributed by atoms with van der Waals surface area (Å²) in [5.41, 5.74) is 2.68. The molecule has 0 aliphatic heterocycles. The molecule has 0 bridgehead atoms. The predicted octanol–water partition coefficient (Wildman–Crippen LogP) is 4.22. The smallest absolute Gasteiger partial charge is 0.0775 e. The van der Waals surface area contributed by atoms with Crippen LogP contribution >= 0.6 is 11.6 Å². The summed E-state index contributed by atoms with van der Waals surface area (Å²) in [5, 5.41) is 5.82. The maximum absolute atomic E-state index is 5.88. The third kappa shape index (κ3) is 5.31. The highest BCUT2D eigenvalue weighted by atomic mass is 35.5. The van der Waals surface area contributed by atoms with Crippen molar-refractivity contribution in [2.45, 2.75) is 32.6 Å². The third-order valence-corrected chi connectivity index (χ3v) is 5.97. The predicted molar refractivity (Wildman–Crippen MR) is 96.3 cm³/mol. The summed E-state index contributed by atoms with van der Waals surface area (Å²) in [4.78, 5) is 0. The Morgan fingerprint density at radius 3 is 2.00 bits per heavy atom. The summed E-state index contributed by atoms with van der Waals surface area (Å²) in [6.07, 6.45) is 1.03. The molecule has 0 heterocycles. The highest BCUT2D eigenvalue weighted by molar-refractivity contribution is 6.88. The molecule has 2 aromatic carbocycles. The molecule has 0 unspecified atom stereocenters. The zero-order valence-electron chi connectivity index (χ0n) is 13.1. The highest BCUT2D eigenvalue weighted by Gasteiger charge is 2.15. The Kier molecular flexibility index (Phi) is 5.62. The molecule has 0 saturated carbocycles. The molecule has 0 fully saturated rings. The lowest BCUT2D eigenvalue weighted by atomic mass is 10.1. The van der Waals surface area contributed by atoms with Crippen LogP contribution in [0.3, 0.4) is 0 Å². The maximum atomic E-state index is 5.88. The third-order valence-electron chi connectivity index (χ3n) is 3.65. The monoisotopic (exact) mass is 317 g/mol. The normalized spacial score (nSPS) is 11.6. The molecule has 0 atom stereocenters. The van der Waals surface area contributed by atoms with Crippen LogP contribution in [0.2, 0.25) is 24.7 Å². The fraction of sp³-hybridized carbons (Fsp3) is 0.333. The van der Waals surface area contributed by atoms with Crippen LogP contribution in [-0.4, -0.2) is 14.6 Å². The minimum absolute atomic E-state index is 0.800. The Labute approximate surface area is 134 Å². The molecule has 2 rings (SSSR count). The molecule has 1 nitrogen and oxygen atoms in total. The topological polar surface area (TPSA) is 12.0 Å². The molecule has 0 aromatic heterocycles. The molecule has 2 aromatic rings. The lowest BCUT2D eigenvalue weighted by Gasteiger charge is -2.16. The van der Waals surface area contributed by atoms with Crippen molar-refractivity contribution in [2.75, 3.05) is 6.54 Å². The van der Waals surface area contributed by atoms with Crippen LogP contribution in [-0.2, 0) is 13.0 Å². The lowest BCUT2D eigenvalue weighted by molar-refractivity contribution is 0.687. The summed E-state index contributed by atoms with van der Waals surface area (Å²) >= 11 is 5.88.